The maximum absolute atomic E-state index is 12.1. The quantitative estimate of drug-likeness (QED) is 0.328. The molecule has 0 amide bonds. The van der Waals surface area contributed by atoms with Gasteiger partial charge in [-0.1, -0.05) is 78.9 Å². The Bertz CT molecular complexity index is 1370. The highest BCUT2D eigenvalue weighted by atomic mass is 16.5. The highest BCUT2D eigenvalue weighted by Gasteiger charge is 2.61. The lowest BCUT2D eigenvalue weighted by molar-refractivity contribution is -0.110. The van der Waals surface area contributed by atoms with Gasteiger partial charge in [-0.2, -0.15) is 0 Å². The van der Waals surface area contributed by atoms with Crippen molar-refractivity contribution in [3.05, 3.63) is 102 Å². The Morgan fingerprint density at radius 1 is 1.03 bits per heavy atom. The summed E-state index contributed by atoms with van der Waals surface area (Å²) < 4.78 is 6.19. The van der Waals surface area contributed by atoms with Crippen molar-refractivity contribution in [3.63, 3.8) is 0 Å². The monoisotopic (exact) mass is 508 g/mol. The number of fused-ring (bicyclic) bond motifs is 1. The molecular formula is C31H32N4O3. The van der Waals surface area contributed by atoms with Crippen LogP contribution in [0.5, 0.6) is 5.75 Å². The third kappa shape index (κ3) is 4.13. The van der Waals surface area contributed by atoms with E-state index in [1.54, 1.807) is 13.1 Å². The van der Waals surface area contributed by atoms with Crippen LogP contribution in [0.15, 0.2) is 91.1 Å². The second kappa shape index (κ2) is 10.2. The fraction of sp³-hybridized carbons (Fsp3) is 0.290. The first-order valence-corrected chi connectivity index (χ1v) is 13.1. The average molecular weight is 509 g/mol. The Morgan fingerprint density at radius 2 is 1.66 bits per heavy atom. The van der Waals surface area contributed by atoms with Crippen LogP contribution in [-0.2, 0) is 4.79 Å². The van der Waals surface area contributed by atoms with Crippen molar-refractivity contribution in [2.45, 2.75) is 36.7 Å². The van der Waals surface area contributed by atoms with Crippen molar-refractivity contribution in [3.8, 4) is 5.75 Å². The number of hydrogen-bond acceptors (Lipinski definition) is 7. The number of benzene rings is 3. The zero-order valence-electron chi connectivity index (χ0n) is 21.3. The smallest absolute Gasteiger partial charge is 0.161 e. The number of ether oxygens (including phenoxy) is 1. The third-order valence-corrected chi connectivity index (χ3v) is 7.76. The van der Waals surface area contributed by atoms with Gasteiger partial charge in [0.25, 0.3) is 0 Å². The molecule has 2 aliphatic rings. The molecule has 2 saturated heterocycles. The van der Waals surface area contributed by atoms with Gasteiger partial charge in [-0.25, -0.2) is 0 Å². The van der Waals surface area contributed by atoms with Gasteiger partial charge in [0.2, 0.25) is 0 Å². The molecule has 0 bridgehead atoms. The average Bonchev–Trinajstić information content (AvgIpc) is 2.96. The molecule has 2 aliphatic heterocycles. The van der Waals surface area contributed by atoms with Gasteiger partial charge in [-0.3, -0.25) is 10.3 Å². The molecule has 3 heterocycles. The summed E-state index contributed by atoms with van der Waals surface area (Å²) >= 11 is 0. The number of nitrogens with zero attached hydrogens (tertiary/aromatic N) is 2. The summed E-state index contributed by atoms with van der Waals surface area (Å²) in [5.74, 6) is 0.598. The number of pyridine rings is 1. The Labute approximate surface area is 222 Å². The predicted molar refractivity (Wildman–Crippen MR) is 148 cm³/mol. The van der Waals surface area contributed by atoms with Gasteiger partial charge in [0.15, 0.2) is 5.75 Å². The van der Waals surface area contributed by atoms with Crippen molar-refractivity contribution < 1.29 is 14.6 Å². The summed E-state index contributed by atoms with van der Waals surface area (Å²) in [5.41, 5.74) is 3.66. The minimum atomic E-state index is -0.631. The van der Waals surface area contributed by atoms with Gasteiger partial charge in [0.05, 0.1) is 47.2 Å². The molecule has 3 N–H and O–H groups in total. The molecule has 7 heteroatoms. The SMILES string of the molecule is CC(O)COc1cnc2ccccc2c1N1CC(C=O)NCC12C(c1ccccc1)NC2c1ccccc1. The lowest BCUT2D eigenvalue weighted by atomic mass is 9.66. The van der Waals surface area contributed by atoms with Gasteiger partial charge >= 0.3 is 0 Å². The Hall–Kier alpha value is -3.78. The van der Waals surface area contributed by atoms with Gasteiger partial charge in [0.1, 0.15) is 12.9 Å². The summed E-state index contributed by atoms with van der Waals surface area (Å²) in [6, 6.07) is 28.6. The van der Waals surface area contributed by atoms with Gasteiger partial charge < -0.3 is 24.9 Å². The largest absolute Gasteiger partial charge is 0.487 e. The number of aldehydes is 1. The molecule has 0 aliphatic carbocycles. The number of nitrogens with one attached hydrogen (secondary N) is 2. The van der Waals surface area contributed by atoms with Crippen LogP contribution in [0.3, 0.4) is 0 Å². The number of rotatable bonds is 7. The summed E-state index contributed by atoms with van der Waals surface area (Å²) in [6.07, 6.45) is 2.10. The van der Waals surface area contributed by atoms with Crippen LogP contribution >= 0.6 is 0 Å². The van der Waals surface area contributed by atoms with E-state index in [1.165, 1.54) is 11.1 Å². The van der Waals surface area contributed by atoms with E-state index in [-0.39, 0.29) is 24.7 Å². The molecule has 3 aromatic carbocycles. The second-order valence-corrected chi connectivity index (χ2v) is 10.2. The molecule has 7 nitrogen and oxygen atoms in total. The number of aliphatic hydroxyl groups is 1. The van der Waals surface area contributed by atoms with Crippen LogP contribution in [-0.4, -0.2) is 53.8 Å². The summed E-state index contributed by atoms with van der Waals surface area (Å²) in [4.78, 5) is 19.2. The van der Waals surface area contributed by atoms with Crippen LogP contribution in [0.25, 0.3) is 10.9 Å². The van der Waals surface area contributed by atoms with E-state index in [2.05, 4.69) is 75.1 Å². The molecular weight excluding hydrogens is 476 g/mol. The van der Waals surface area contributed by atoms with Crippen molar-refractivity contribution in [2.75, 3.05) is 24.6 Å². The van der Waals surface area contributed by atoms with Crippen LogP contribution < -0.4 is 20.3 Å². The highest BCUT2D eigenvalue weighted by Crippen LogP contribution is 2.55. The van der Waals surface area contributed by atoms with Crippen molar-refractivity contribution in [1.82, 2.24) is 15.6 Å². The number of hydrogen-bond donors (Lipinski definition) is 3. The number of piperazine rings is 1. The van der Waals surface area contributed by atoms with E-state index >= 15 is 0 Å². The number of carbonyl (C=O) groups excluding carboxylic acids is 1. The van der Waals surface area contributed by atoms with E-state index in [9.17, 15) is 9.90 Å². The normalized spacial score (nSPS) is 25.6. The van der Waals surface area contributed by atoms with Crippen LogP contribution in [0.1, 0.15) is 30.1 Å². The maximum Gasteiger partial charge on any atom is 0.161 e. The third-order valence-electron chi connectivity index (χ3n) is 7.76. The zero-order valence-corrected chi connectivity index (χ0v) is 21.3. The second-order valence-electron chi connectivity index (χ2n) is 10.2. The number of aliphatic hydroxyl groups excluding tert-OH is 1. The van der Waals surface area contributed by atoms with Crippen molar-refractivity contribution >= 4 is 22.9 Å². The topological polar surface area (TPSA) is 86.7 Å². The van der Waals surface area contributed by atoms with Crippen LogP contribution in [0.2, 0.25) is 0 Å². The molecule has 1 aromatic heterocycles. The molecule has 4 unspecified atom stereocenters. The standard InChI is InChI=1S/C31H32N4O3/c1-21(37)19-38-27-16-32-26-15-9-8-14-25(26)28(27)35-17-24(18-36)33-20-31(35)29(22-10-4-2-5-11-22)34-30(31)23-12-6-3-7-13-23/h2-16,18,21,24,29-30,33-34,37H,17,19-20H2,1H3. The van der Waals surface area contributed by atoms with E-state index in [1.807, 2.05) is 30.3 Å². The Kier molecular flexibility index (Phi) is 6.57. The van der Waals surface area contributed by atoms with E-state index in [4.69, 9.17) is 4.74 Å². The van der Waals surface area contributed by atoms with E-state index in [0.29, 0.717) is 18.8 Å². The number of aromatic nitrogens is 1. The molecule has 2 fully saturated rings. The Morgan fingerprint density at radius 3 is 2.29 bits per heavy atom. The fourth-order valence-corrected chi connectivity index (χ4v) is 6.02. The van der Waals surface area contributed by atoms with Crippen LogP contribution in [0, 0.1) is 0 Å². The molecule has 1 spiro atoms. The van der Waals surface area contributed by atoms with Crippen LogP contribution in [0.4, 0.5) is 5.69 Å². The van der Waals surface area contributed by atoms with Gasteiger partial charge in [-0.05, 0) is 24.1 Å². The lowest BCUT2D eigenvalue weighted by Crippen LogP contribution is -2.79. The first-order valence-electron chi connectivity index (χ1n) is 13.1. The molecule has 194 valence electrons. The first kappa shape index (κ1) is 24.6. The number of carbonyl (C=O) groups is 1. The zero-order chi connectivity index (χ0) is 26.1. The van der Waals surface area contributed by atoms with Crippen molar-refractivity contribution in [2.24, 2.45) is 0 Å². The van der Waals surface area contributed by atoms with E-state index in [0.717, 1.165) is 22.9 Å². The maximum atomic E-state index is 12.1. The molecule has 0 saturated carbocycles. The highest BCUT2D eigenvalue weighted by molar-refractivity contribution is 5.95. The fourth-order valence-electron chi connectivity index (χ4n) is 6.02. The molecule has 38 heavy (non-hydrogen) atoms. The summed E-state index contributed by atoms with van der Waals surface area (Å²) in [5, 5.41) is 18.4. The van der Waals surface area contributed by atoms with Crippen molar-refractivity contribution in [1.29, 1.82) is 0 Å². The van der Waals surface area contributed by atoms with Gasteiger partial charge in [0, 0.05) is 18.5 Å². The molecule has 4 aromatic rings. The molecule has 4 atom stereocenters. The van der Waals surface area contributed by atoms with E-state index < -0.39 is 11.6 Å². The predicted octanol–water partition coefficient (Wildman–Crippen LogP) is 3.80. The summed E-state index contributed by atoms with van der Waals surface area (Å²) in [6.45, 7) is 2.91. The number of para-hydroxylation sites is 1. The minimum Gasteiger partial charge on any atom is -0.487 e. The lowest BCUT2D eigenvalue weighted by Gasteiger charge is -2.65. The molecule has 0 radical (unpaired) electrons. The number of anilines is 1. The van der Waals surface area contributed by atoms with Gasteiger partial charge in [-0.15, -0.1) is 0 Å². The minimum absolute atomic E-state index is 0.00875. The first-order chi connectivity index (χ1) is 18.6. The summed E-state index contributed by atoms with van der Waals surface area (Å²) in [7, 11) is 0. The molecule has 6 rings (SSSR count). The Balaban J connectivity index is 1.58.